The second kappa shape index (κ2) is 11.1. The standard InChI is InChI=1S/C28H30FN3O2/c1-20-10-12-21(13-11-20)19-32(28(34)25-9-5-6-18-30-25)26(22-14-16-23(29)17-15-22)27(33)31-24-7-3-2-4-8-24/h5-6,9-18,24,26H,2-4,7-8,19H2,1H3,(H,31,33). The summed E-state index contributed by atoms with van der Waals surface area (Å²) in [4.78, 5) is 33.2. The van der Waals surface area contributed by atoms with Gasteiger partial charge in [0.15, 0.2) is 0 Å². The Kier molecular flexibility index (Phi) is 7.68. The molecule has 6 heteroatoms. The van der Waals surface area contributed by atoms with Crippen LogP contribution in [0.2, 0.25) is 0 Å². The van der Waals surface area contributed by atoms with Gasteiger partial charge in [-0.05, 0) is 55.2 Å². The molecule has 1 saturated carbocycles. The summed E-state index contributed by atoms with van der Waals surface area (Å²) in [6.07, 6.45) is 6.73. The summed E-state index contributed by atoms with van der Waals surface area (Å²) >= 11 is 0. The zero-order chi connectivity index (χ0) is 23.9. The number of nitrogens with one attached hydrogen (secondary N) is 1. The molecule has 0 saturated heterocycles. The molecule has 1 aliphatic carbocycles. The van der Waals surface area contributed by atoms with E-state index in [1.165, 1.54) is 18.6 Å². The zero-order valence-electron chi connectivity index (χ0n) is 19.4. The number of benzene rings is 2. The highest BCUT2D eigenvalue weighted by Gasteiger charge is 2.34. The first-order valence-electron chi connectivity index (χ1n) is 11.8. The second-order valence-corrected chi connectivity index (χ2v) is 8.93. The van der Waals surface area contributed by atoms with Crippen LogP contribution in [0, 0.1) is 12.7 Å². The summed E-state index contributed by atoms with van der Waals surface area (Å²) in [6.45, 7) is 2.22. The highest BCUT2D eigenvalue weighted by molar-refractivity contribution is 5.96. The molecule has 1 aromatic heterocycles. The van der Waals surface area contributed by atoms with Gasteiger partial charge in [-0.25, -0.2) is 4.39 Å². The normalized spacial score (nSPS) is 14.9. The second-order valence-electron chi connectivity index (χ2n) is 8.93. The molecular weight excluding hydrogens is 429 g/mol. The molecule has 1 aliphatic rings. The SMILES string of the molecule is Cc1ccc(CN(C(=O)c2ccccn2)C(C(=O)NC2CCCCC2)c2ccc(F)cc2)cc1. The van der Waals surface area contributed by atoms with E-state index >= 15 is 0 Å². The minimum Gasteiger partial charge on any atom is -0.351 e. The van der Waals surface area contributed by atoms with E-state index < -0.39 is 11.9 Å². The number of pyridine rings is 1. The Labute approximate surface area is 200 Å². The van der Waals surface area contributed by atoms with E-state index in [0.717, 1.165) is 36.8 Å². The molecule has 2 amide bonds. The van der Waals surface area contributed by atoms with Gasteiger partial charge in [0.2, 0.25) is 5.91 Å². The predicted molar refractivity (Wildman–Crippen MR) is 129 cm³/mol. The fourth-order valence-corrected chi connectivity index (χ4v) is 4.45. The summed E-state index contributed by atoms with van der Waals surface area (Å²) in [6, 6.07) is 18.0. The third kappa shape index (κ3) is 5.87. The van der Waals surface area contributed by atoms with Gasteiger partial charge >= 0.3 is 0 Å². The largest absolute Gasteiger partial charge is 0.351 e. The molecule has 176 valence electrons. The van der Waals surface area contributed by atoms with Crippen LogP contribution >= 0.6 is 0 Å². The average molecular weight is 460 g/mol. The number of nitrogens with zero attached hydrogens (tertiary/aromatic N) is 2. The topological polar surface area (TPSA) is 62.3 Å². The van der Waals surface area contributed by atoms with Crippen LogP contribution in [-0.2, 0) is 11.3 Å². The van der Waals surface area contributed by atoms with Crippen LogP contribution in [0.25, 0.3) is 0 Å². The summed E-state index contributed by atoms with van der Waals surface area (Å²) in [5.41, 5.74) is 2.82. The smallest absolute Gasteiger partial charge is 0.273 e. The van der Waals surface area contributed by atoms with E-state index in [1.54, 1.807) is 41.4 Å². The molecule has 4 rings (SSSR count). The van der Waals surface area contributed by atoms with Gasteiger partial charge in [0.05, 0.1) is 0 Å². The third-order valence-electron chi connectivity index (χ3n) is 6.32. The number of aromatic nitrogens is 1. The number of hydrogen-bond acceptors (Lipinski definition) is 3. The molecule has 34 heavy (non-hydrogen) atoms. The molecule has 0 aliphatic heterocycles. The van der Waals surface area contributed by atoms with Crippen molar-refractivity contribution in [2.75, 3.05) is 0 Å². The molecule has 1 N–H and O–H groups in total. The quantitative estimate of drug-likeness (QED) is 0.517. The van der Waals surface area contributed by atoms with Crippen LogP contribution in [0.3, 0.4) is 0 Å². The molecule has 3 aromatic rings. The number of hydrogen-bond donors (Lipinski definition) is 1. The van der Waals surface area contributed by atoms with Crippen LogP contribution in [0.4, 0.5) is 4.39 Å². The number of halogens is 1. The summed E-state index contributed by atoms with van der Waals surface area (Å²) < 4.78 is 13.7. The Morgan fingerprint density at radius 3 is 2.35 bits per heavy atom. The van der Waals surface area contributed by atoms with E-state index in [9.17, 15) is 14.0 Å². The highest BCUT2D eigenvalue weighted by atomic mass is 19.1. The van der Waals surface area contributed by atoms with Crippen molar-refractivity contribution >= 4 is 11.8 Å². The third-order valence-corrected chi connectivity index (χ3v) is 6.32. The summed E-state index contributed by atoms with van der Waals surface area (Å²) in [5, 5.41) is 3.17. The summed E-state index contributed by atoms with van der Waals surface area (Å²) in [7, 11) is 0. The first kappa shape index (κ1) is 23.6. The molecule has 1 heterocycles. The van der Waals surface area contributed by atoms with E-state index in [4.69, 9.17) is 0 Å². The van der Waals surface area contributed by atoms with Crippen LogP contribution in [-0.4, -0.2) is 27.7 Å². The van der Waals surface area contributed by atoms with E-state index in [2.05, 4.69) is 10.3 Å². The van der Waals surface area contributed by atoms with Gasteiger partial charge in [-0.2, -0.15) is 0 Å². The lowest BCUT2D eigenvalue weighted by molar-refractivity contribution is -0.127. The predicted octanol–water partition coefficient (Wildman–Crippen LogP) is 5.36. The van der Waals surface area contributed by atoms with E-state index in [0.29, 0.717) is 5.56 Å². The first-order valence-corrected chi connectivity index (χ1v) is 11.8. The number of carbonyl (C=O) groups excluding carboxylic acids is 2. The lowest BCUT2D eigenvalue weighted by Crippen LogP contribution is -2.47. The highest BCUT2D eigenvalue weighted by Crippen LogP contribution is 2.27. The Morgan fingerprint density at radius 2 is 1.71 bits per heavy atom. The molecule has 0 radical (unpaired) electrons. The van der Waals surface area contributed by atoms with Crippen molar-refractivity contribution in [2.24, 2.45) is 0 Å². The van der Waals surface area contributed by atoms with Crippen LogP contribution in [0.15, 0.2) is 72.9 Å². The monoisotopic (exact) mass is 459 g/mol. The molecule has 1 atom stereocenters. The molecule has 0 bridgehead atoms. The maximum Gasteiger partial charge on any atom is 0.273 e. The van der Waals surface area contributed by atoms with Crippen molar-refractivity contribution in [3.05, 3.63) is 101 Å². The fourth-order valence-electron chi connectivity index (χ4n) is 4.45. The van der Waals surface area contributed by atoms with Gasteiger partial charge in [0.25, 0.3) is 5.91 Å². The summed E-state index contributed by atoms with van der Waals surface area (Å²) in [5.74, 6) is -1.000. The molecular formula is C28H30FN3O2. The number of aryl methyl sites for hydroxylation is 1. The van der Waals surface area contributed by atoms with Crippen LogP contribution in [0.5, 0.6) is 0 Å². The van der Waals surface area contributed by atoms with Gasteiger partial charge in [0.1, 0.15) is 17.6 Å². The number of carbonyl (C=O) groups is 2. The first-order chi connectivity index (χ1) is 16.5. The van der Waals surface area contributed by atoms with Crippen molar-refractivity contribution in [3.63, 3.8) is 0 Å². The van der Waals surface area contributed by atoms with Crippen molar-refractivity contribution in [1.82, 2.24) is 15.2 Å². The average Bonchev–Trinajstić information content (AvgIpc) is 2.86. The Balaban J connectivity index is 1.73. The Bertz CT molecular complexity index is 1090. The lowest BCUT2D eigenvalue weighted by atomic mass is 9.94. The molecule has 2 aromatic carbocycles. The van der Waals surface area contributed by atoms with Gasteiger partial charge in [-0.3, -0.25) is 14.6 Å². The van der Waals surface area contributed by atoms with Crippen LogP contribution in [0.1, 0.15) is 65.3 Å². The Morgan fingerprint density at radius 1 is 1.00 bits per heavy atom. The maximum atomic E-state index is 13.7. The Hall–Kier alpha value is -3.54. The molecule has 0 spiro atoms. The lowest BCUT2D eigenvalue weighted by Gasteiger charge is -2.33. The van der Waals surface area contributed by atoms with Gasteiger partial charge < -0.3 is 10.2 Å². The van der Waals surface area contributed by atoms with Gasteiger partial charge in [-0.1, -0.05) is 67.3 Å². The fraction of sp³-hybridized carbons (Fsp3) is 0.321. The van der Waals surface area contributed by atoms with Crippen molar-refractivity contribution in [3.8, 4) is 0 Å². The van der Waals surface area contributed by atoms with Gasteiger partial charge in [0, 0.05) is 18.8 Å². The van der Waals surface area contributed by atoms with E-state index in [1.807, 2.05) is 31.2 Å². The minimum absolute atomic E-state index is 0.0791. The molecule has 1 unspecified atom stereocenters. The van der Waals surface area contributed by atoms with Crippen molar-refractivity contribution in [1.29, 1.82) is 0 Å². The molecule has 5 nitrogen and oxygen atoms in total. The van der Waals surface area contributed by atoms with Crippen molar-refractivity contribution < 1.29 is 14.0 Å². The minimum atomic E-state index is -0.918. The van der Waals surface area contributed by atoms with Crippen molar-refractivity contribution in [2.45, 2.75) is 57.7 Å². The van der Waals surface area contributed by atoms with Crippen LogP contribution < -0.4 is 5.32 Å². The molecule has 1 fully saturated rings. The van der Waals surface area contributed by atoms with E-state index in [-0.39, 0.29) is 30.1 Å². The number of rotatable bonds is 7. The van der Waals surface area contributed by atoms with Gasteiger partial charge in [-0.15, -0.1) is 0 Å². The maximum absolute atomic E-state index is 13.7. The zero-order valence-corrected chi connectivity index (χ0v) is 19.4. The number of amides is 2.